The summed E-state index contributed by atoms with van der Waals surface area (Å²) in [7, 11) is -3.42. The third-order valence-electron chi connectivity index (χ3n) is 2.09. The van der Waals surface area contributed by atoms with Crippen LogP contribution in [0, 0.1) is 6.92 Å². The summed E-state index contributed by atoms with van der Waals surface area (Å²) < 4.78 is 27.0. The Morgan fingerprint density at radius 2 is 1.75 bits per heavy atom. The van der Waals surface area contributed by atoms with E-state index in [0.29, 0.717) is 6.54 Å². The fourth-order valence-corrected chi connectivity index (χ4v) is 2.13. The quantitative estimate of drug-likeness (QED) is 0.539. The van der Waals surface area contributed by atoms with Crippen molar-refractivity contribution in [1.82, 2.24) is 0 Å². The zero-order valence-electron chi connectivity index (χ0n) is 10.1. The summed E-state index contributed by atoms with van der Waals surface area (Å²) in [5, 5.41) is 0. The SMILES string of the molecule is CCCC[N-]S(=O)(=O)c1ccc(C)cc1.[Na+]. The van der Waals surface area contributed by atoms with E-state index in [4.69, 9.17) is 0 Å². The number of unbranched alkanes of at least 4 members (excludes halogenated alkanes) is 1. The van der Waals surface area contributed by atoms with Crippen molar-refractivity contribution in [3.05, 3.63) is 34.6 Å². The van der Waals surface area contributed by atoms with Crippen molar-refractivity contribution in [3.63, 3.8) is 0 Å². The van der Waals surface area contributed by atoms with Gasteiger partial charge in [0.1, 0.15) is 10.0 Å². The van der Waals surface area contributed by atoms with Gasteiger partial charge >= 0.3 is 29.6 Å². The molecule has 0 atom stereocenters. The van der Waals surface area contributed by atoms with Gasteiger partial charge in [-0.15, -0.1) is 6.54 Å². The first-order valence-corrected chi connectivity index (χ1v) is 6.50. The van der Waals surface area contributed by atoms with Crippen molar-refractivity contribution in [2.75, 3.05) is 6.54 Å². The van der Waals surface area contributed by atoms with E-state index in [2.05, 4.69) is 4.72 Å². The van der Waals surface area contributed by atoms with Crippen molar-refractivity contribution < 1.29 is 38.0 Å². The summed E-state index contributed by atoms with van der Waals surface area (Å²) in [6.45, 7) is 4.31. The minimum atomic E-state index is -3.42. The molecule has 0 unspecified atom stereocenters. The number of aryl methyl sites for hydroxylation is 1. The Balaban J connectivity index is 0.00000225. The second-order valence-corrected chi connectivity index (χ2v) is 5.17. The molecule has 1 aromatic carbocycles. The third kappa shape index (κ3) is 4.97. The first kappa shape index (κ1) is 16.1. The fourth-order valence-electron chi connectivity index (χ4n) is 1.13. The van der Waals surface area contributed by atoms with Crippen LogP contribution in [0.25, 0.3) is 4.72 Å². The monoisotopic (exact) mass is 249 g/mol. The van der Waals surface area contributed by atoms with Crippen molar-refractivity contribution >= 4 is 10.0 Å². The smallest absolute Gasteiger partial charge is 0.545 e. The van der Waals surface area contributed by atoms with Crippen LogP contribution < -0.4 is 29.6 Å². The number of rotatable bonds is 5. The molecule has 0 radical (unpaired) electrons. The van der Waals surface area contributed by atoms with E-state index in [1.807, 2.05) is 13.8 Å². The molecule has 84 valence electrons. The fraction of sp³-hybridized carbons (Fsp3) is 0.455. The molecule has 0 bridgehead atoms. The predicted octanol–water partition coefficient (Wildman–Crippen LogP) is -0.138. The van der Waals surface area contributed by atoms with Crippen LogP contribution in [0.1, 0.15) is 25.3 Å². The molecule has 5 heteroatoms. The molecule has 0 fully saturated rings. The van der Waals surface area contributed by atoms with Gasteiger partial charge in [-0.2, -0.15) is 0 Å². The molecule has 16 heavy (non-hydrogen) atoms. The number of nitrogens with zero attached hydrogens (tertiary/aromatic N) is 1. The summed E-state index contributed by atoms with van der Waals surface area (Å²) >= 11 is 0. The molecule has 1 aromatic rings. The van der Waals surface area contributed by atoms with Gasteiger partial charge in [0.2, 0.25) is 0 Å². The van der Waals surface area contributed by atoms with Crippen LogP contribution in [0.15, 0.2) is 29.2 Å². The molecule has 0 aliphatic carbocycles. The Kier molecular flexibility index (Phi) is 7.52. The van der Waals surface area contributed by atoms with Crippen LogP contribution in [-0.2, 0) is 10.0 Å². The van der Waals surface area contributed by atoms with Gasteiger partial charge in [0.15, 0.2) is 0 Å². The third-order valence-corrected chi connectivity index (χ3v) is 3.48. The minimum absolute atomic E-state index is 0. The Hall–Kier alpha value is 0.130. The Morgan fingerprint density at radius 1 is 1.19 bits per heavy atom. The number of hydrogen-bond acceptors (Lipinski definition) is 2. The summed E-state index contributed by atoms with van der Waals surface area (Å²) in [6.07, 6.45) is 1.76. The summed E-state index contributed by atoms with van der Waals surface area (Å²) in [5.74, 6) is 0. The van der Waals surface area contributed by atoms with E-state index in [9.17, 15) is 8.42 Å². The second-order valence-electron chi connectivity index (χ2n) is 3.49. The van der Waals surface area contributed by atoms with E-state index < -0.39 is 10.0 Å². The molecule has 3 nitrogen and oxygen atoms in total. The van der Waals surface area contributed by atoms with E-state index in [1.165, 1.54) is 0 Å². The van der Waals surface area contributed by atoms with Gasteiger partial charge in [-0.05, 0) is 19.1 Å². The zero-order valence-corrected chi connectivity index (χ0v) is 12.9. The maximum absolute atomic E-state index is 11.7. The van der Waals surface area contributed by atoms with Gasteiger partial charge in [-0.3, -0.25) is 0 Å². The van der Waals surface area contributed by atoms with E-state index in [0.717, 1.165) is 18.4 Å². The molecule has 0 saturated carbocycles. The maximum atomic E-state index is 11.7. The first-order chi connectivity index (χ1) is 7.06. The van der Waals surface area contributed by atoms with Gasteiger partial charge in [0.05, 0.1) is 0 Å². The van der Waals surface area contributed by atoms with E-state index in [1.54, 1.807) is 24.3 Å². The molecule has 0 amide bonds. The first-order valence-electron chi connectivity index (χ1n) is 5.06. The molecule has 0 aromatic heterocycles. The maximum Gasteiger partial charge on any atom is 1.00 e. The predicted molar refractivity (Wildman–Crippen MR) is 61.5 cm³/mol. The summed E-state index contributed by atoms with van der Waals surface area (Å²) in [4.78, 5) is 0.282. The Bertz CT molecular complexity index is 400. The molecule has 1 rings (SSSR count). The zero-order chi connectivity index (χ0) is 11.3. The van der Waals surface area contributed by atoms with Gasteiger partial charge in [-0.25, -0.2) is 8.42 Å². The summed E-state index contributed by atoms with van der Waals surface area (Å²) in [5.41, 5.74) is 1.04. The van der Waals surface area contributed by atoms with Crippen LogP contribution >= 0.6 is 0 Å². The summed E-state index contributed by atoms with van der Waals surface area (Å²) in [6, 6.07) is 6.75. The molecule has 0 heterocycles. The largest absolute Gasteiger partial charge is 1.00 e. The molecule has 0 saturated heterocycles. The average molecular weight is 249 g/mol. The molecular formula is C11H16NNaO2S. The molecule has 0 spiro atoms. The van der Waals surface area contributed by atoms with Crippen LogP contribution in [0.3, 0.4) is 0 Å². The number of hydrogen-bond donors (Lipinski definition) is 0. The Morgan fingerprint density at radius 3 is 2.25 bits per heavy atom. The van der Waals surface area contributed by atoms with Gasteiger partial charge < -0.3 is 4.72 Å². The van der Waals surface area contributed by atoms with Gasteiger partial charge in [-0.1, -0.05) is 37.5 Å². The van der Waals surface area contributed by atoms with Crippen LogP contribution in [0.5, 0.6) is 0 Å². The van der Waals surface area contributed by atoms with Crippen LogP contribution in [0.4, 0.5) is 0 Å². The van der Waals surface area contributed by atoms with Gasteiger partial charge in [0, 0.05) is 4.90 Å². The standard InChI is InChI=1S/C11H16NO2S.Na/c1-3-4-9-12-15(13,14)11-7-5-10(2)6-8-11;/h5-8H,3-4,9H2,1-2H3;/q-1;+1. The van der Waals surface area contributed by atoms with Crippen molar-refractivity contribution in [2.45, 2.75) is 31.6 Å². The minimum Gasteiger partial charge on any atom is -0.545 e. The molecule has 0 N–H and O–H groups in total. The van der Waals surface area contributed by atoms with Crippen LogP contribution in [0.2, 0.25) is 0 Å². The Labute approximate surface area is 120 Å². The van der Waals surface area contributed by atoms with E-state index in [-0.39, 0.29) is 34.5 Å². The number of sulfonamides is 1. The molecule has 0 aliphatic heterocycles. The van der Waals surface area contributed by atoms with Crippen LogP contribution in [-0.4, -0.2) is 15.0 Å². The molecular weight excluding hydrogens is 233 g/mol. The topological polar surface area (TPSA) is 48.2 Å². The average Bonchev–Trinajstić information content (AvgIpc) is 2.18. The van der Waals surface area contributed by atoms with Gasteiger partial charge in [0.25, 0.3) is 0 Å². The number of benzene rings is 1. The molecule has 0 aliphatic rings. The van der Waals surface area contributed by atoms with Crippen molar-refractivity contribution in [3.8, 4) is 0 Å². The second kappa shape index (κ2) is 7.45. The normalized spacial score (nSPS) is 10.9. The van der Waals surface area contributed by atoms with Crippen molar-refractivity contribution in [1.29, 1.82) is 0 Å². The van der Waals surface area contributed by atoms with E-state index >= 15 is 0 Å². The van der Waals surface area contributed by atoms with Crippen molar-refractivity contribution in [2.24, 2.45) is 0 Å².